The zero-order valence-corrected chi connectivity index (χ0v) is 17.6. The van der Waals surface area contributed by atoms with Crippen molar-refractivity contribution in [3.05, 3.63) is 93.8 Å². The van der Waals surface area contributed by atoms with Gasteiger partial charge in [0, 0.05) is 34.4 Å². The number of fused-ring (bicyclic) bond motifs is 3. The molecule has 158 valence electrons. The van der Waals surface area contributed by atoms with Crippen molar-refractivity contribution in [3.8, 4) is 17.2 Å². The molecule has 0 radical (unpaired) electrons. The Morgan fingerprint density at radius 3 is 2.50 bits per heavy atom. The zero-order chi connectivity index (χ0) is 22.2. The van der Waals surface area contributed by atoms with Crippen molar-refractivity contribution in [2.45, 2.75) is 9.79 Å². The van der Waals surface area contributed by atoms with Crippen molar-refractivity contribution in [1.29, 1.82) is 0 Å². The highest BCUT2D eigenvalue weighted by molar-refractivity contribution is 7.99. The van der Waals surface area contributed by atoms with Gasteiger partial charge in [0.05, 0.1) is 12.6 Å². The molecule has 0 fully saturated rings. The first kappa shape index (κ1) is 19.9. The molecule has 0 atom stereocenters. The Labute approximate surface area is 185 Å². The number of pyridine rings is 2. The Morgan fingerprint density at radius 2 is 1.78 bits per heavy atom. The summed E-state index contributed by atoms with van der Waals surface area (Å²) < 4.78 is 12.4. The van der Waals surface area contributed by atoms with Crippen molar-refractivity contribution in [2.75, 3.05) is 7.11 Å². The van der Waals surface area contributed by atoms with E-state index in [9.17, 15) is 14.7 Å². The largest absolute Gasteiger partial charge is 0.505 e. The maximum absolute atomic E-state index is 13.7. The van der Waals surface area contributed by atoms with E-state index in [0.717, 1.165) is 11.8 Å². The van der Waals surface area contributed by atoms with Gasteiger partial charge in [-0.15, -0.1) is 0 Å². The van der Waals surface area contributed by atoms with Crippen LogP contribution in [0.2, 0.25) is 0 Å². The van der Waals surface area contributed by atoms with Crippen LogP contribution in [-0.4, -0.2) is 21.8 Å². The van der Waals surface area contributed by atoms with Crippen molar-refractivity contribution in [3.63, 3.8) is 0 Å². The first-order valence-corrected chi connectivity index (χ1v) is 10.5. The third kappa shape index (κ3) is 3.21. The molecule has 0 bridgehead atoms. The lowest BCUT2D eigenvalue weighted by atomic mass is 10.1. The maximum Gasteiger partial charge on any atom is 0.354 e. The van der Waals surface area contributed by atoms with Crippen LogP contribution in [0.15, 0.2) is 96.9 Å². The third-order valence-electron chi connectivity index (χ3n) is 5.05. The van der Waals surface area contributed by atoms with Crippen molar-refractivity contribution in [1.82, 2.24) is 9.55 Å². The number of methoxy groups -OCH3 is 1. The second-order valence-corrected chi connectivity index (χ2v) is 8.00. The lowest BCUT2D eigenvalue weighted by Gasteiger charge is -2.15. The summed E-state index contributed by atoms with van der Waals surface area (Å²) in [7, 11) is 1.53. The van der Waals surface area contributed by atoms with Gasteiger partial charge in [0.1, 0.15) is 16.0 Å². The van der Waals surface area contributed by atoms with Gasteiger partial charge in [0.2, 0.25) is 0 Å². The minimum Gasteiger partial charge on any atom is -0.505 e. The molecule has 2 aromatic carbocycles. The molecule has 0 aliphatic carbocycles. The van der Waals surface area contributed by atoms with Gasteiger partial charge in [-0.2, -0.15) is 0 Å². The minimum absolute atomic E-state index is 0.0291. The zero-order valence-electron chi connectivity index (χ0n) is 16.8. The number of ether oxygens (including phenoxy) is 1. The summed E-state index contributed by atoms with van der Waals surface area (Å²) in [6.45, 7) is 0. The summed E-state index contributed by atoms with van der Waals surface area (Å²) in [4.78, 5) is 31.0. The fraction of sp³-hybridized carbons (Fsp3) is 0.0417. The smallest absolute Gasteiger partial charge is 0.354 e. The average Bonchev–Trinajstić information content (AvgIpc) is 2.82. The van der Waals surface area contributed by atoms with Crippen molar-refractivity contribution < 1.29 is 14.3 Å². The van der Waals surface area contributed by atoms with Gasteiger partial charge in [-0.3, -0.25) is 14.3 Å². The predicted octanol–water partition coefficient (Wildman–Crippen LogP) is 4.36. The van der Waals surface area contributed by atoms with Gasteiger partial charge in [-0.25, -0.2) is 4.79 Å². The molecule has 0 saturated carbocycles. The molecular weight excluding hydrogens is 428 g/mol. The quantitative estimate of drug-likeness (QED) is 0.412. The van der Waals surface area contributed by atoms with Gasteiger partial charge >= 0.3 is 5.63 Å². The van der Waals surface area contributed by atoms with Crippen LogP contribution in [0, 0.1) is 0 Å². The predicted molar refractivity (Wildman–Crippen MR) is 122 cm³/mol. The number of aromatic nitrogens is 2. The molecule has 5 aromatic rings. The van der Waals surface area contributed by atoms with E-state index in [-0.39, 0.29) is 15.9 Å². The third-order valence-corrected chi connectivity index (χ3v) is 6.12. The van der Waals surface area contributed by atoms with Crippen LogP contribution < -0.4 is 15.9 Å². The molecule has 32 heavy (non-hydrogen) atoms. The van der Waals surface area contributed by atoms with E-state index in [0.29, 0.717) is 27.2 Å². The number of hydrogen-bond donors (Lipinski definition) is 1. The summed E-state index contributed by atoms with van der Waals surface area (Å²) in [5, 5.41) is 11.5. The molecule has 0 aliphatic heterocycles. The molecule has 3 heterocycles. The Hall–Kier alpha value is -4.04. The Morgan fingerprint density at radius 1 is 1.03 bits per heavy atom. The molecule has 1 N–H and O–H groups in total. The first-order valence-electron chi connectivity index (χ1n) is 9.64. The molecular formula is C24H16N2O5S. The lowest BCUT2D eigenvalue weighted by molar-refractivity contribution is 0.415. The van der Waals surface area contributed by atoms with Crippen molar-refractivity contribution in [2.24, 2.45) is 0 Å². The number of aromatic hydroxyl groups is 1. The van der Waals surface area contributed by atoms with E-state index in [1.807, 2.05) is 18.2 Å². The van der Waals surface area contributed by atoms with Crippen molar-refractivity contribution >= 4 is 33.6 Å². The second-order valence-electron chi connectivity index (χ2n) is 6.92. The average molecular weight is 444 g/mol. The molecule has 0 amide bonds. The van der Waals surface area contributed by atoms with Gasteiger partial charge in [0.25, 0.3) is 5.56 Å². The fourth-order valence-electron chi connectivity index (χ4n) is 3.58. The number of para-hydroxylation sites is 1. The summed E-state index contributed by atoms with van der Waals surface area (Å²) in [5.41, 5.74) is -0.117. The standard InChI is InChI=1S/C24H16N2O5S/c1-30-15-7-8-17-18(13-15)26(14-5-3-2-4-6-14)23(28)19-20(27)22(24(29)31-21(17)19)32-16-9-11-25-12-10-16/h2-13,27H,1H3. The fourth-order valence-corrected chi connectivity index (χ4v) is 4.40. The highest BCUT2D eigenvalue weighted by Gasteiger charge is 2.23. The number of rotatable bonds is 4. The van der Waals surface area contributed by atoms with E-state index in [2.05, 4.69) is 4.98 Å². The molecule has 0 saturated heterocycles. The van der Waals surface area contributed by atoms with E-state index >= 15 is 0 Å². The van der Waals surface area contributed by atoms with Gasteiger partial charge < -0.3 is 14.3 Å². The van der Waals surface area contributed by atoms with Crippen LogP contribution in [0.4, 0.5) is 0 Å². The first-order chi connectivity index (χ1) is 15.6. The van der Waals surface area contributed by atoms with Crippen LogP contribution in [0.1, 0.15) is 0 Å². The van der Waals surface area contributed by atoms with Crippen LogP contribution >= 0.6 is 11.8 Å². The SMILES string of the molecule is COc1ccc2c3oc(=O)c(Sc4ccncc4)c(O)c3c(=O)n(-c3ccccc3)c2c1. The lowest BCUT2D eigenvalue weighted by Crippen LogP contribution is -2.20. The summed E-state index contributed by atoms with van der Waals surface area (Å²) >= 11 is 1.01. The maximum atomic E-state index is 13.7. The van der Waals surface area contributed by atoms with Crippen LogP contribution in [0.5, 0.6) is 11.5 Å². The molecule has 8 heteroatoms. The number of hydrogen-bond acceptors (Lipinski definition) is 7. The van der Waals surface area contributed by atoms with Crippen LogP contribution in [-0.2, 0) is 0 Å². The molecule has 0 spiro atoms. The van der Waals surface area contributed by atoms with Gasteiger partial charge in [0.15, 0.2) is 11.3 Å². The highest BCUT2D eigenvalue weighted by Crippen LogP contribution is 2.37. The second kappa shape index (κ2) is 7.90. The van der Waals surface area contributed by atoms with Crippen LogP contribution in [0.25, 0.3) is 27.6 Å². The highest BCUT2D eigenvalue weighted by atomic mass is 32.2. The molecule has 0 unspecified atom stereocenters. The van der Waals surface area contributed by atoms with Gasteiger partial charge in [-0.05, 0) is 36.4 Å². The normalized spacial score (nSPS) is 11.2. The summed E-state index contributed by atoms with van der Waals surface area (Å²) in [6, 6.07) is 17.5. The van der Waals surface area contributed by atoms with Crippen LogP contribution in [0.3, 0.4) is 0 Å². The number of benzene rings is 2. The molecule has 5 rings (SSSR count). The van der Waals surface area contributed by atoms with E-state index < -0.39 is 16.9 Å². The Bertz CT molecular complexity index is 1580. The number of nitrogens with zero attached hydrogens (tertiary/aromatic N) is 2. The minimum atomic E-state index is -0.731. The van der Waals surface area contributed by atoms with Gasteiger partial charge in [-0.1, -0.05) is 30.0 Å². The summed E-state index contributed by atoms with van der Waals surface area (Å²) in [5.74, 6) is 0.128. The topological polar surface area (TPSA) is 94.6 Å². The molecule has 3 aromatic heterocycles. The van der Waals surface area contributed by atoms with E-state index in [4.69, 9.17) is 9.15 Å². The monoisotopic (exact) mass is 444 g/mol. The molecule has 7 nitrogen and oxygen atoms in total. The molecule has 0 aliphatic rings. The Kier molecular flexibility index (Phi) is 4.91. The van der Waals surface area contributed by atoms with E-state index in [1.54, 1.807) is 54.9 Å². The Balaban J connectivity index is 1.90. The summed E-state index contributed by atoms with van der Waals surface area (Å²) in [6.07, 6.45) is 3.15. The van der Waals surface area contributed by atoms with E-state index in [1.165, 1.54) is 11.7 Å².